The highest BCUT2D eigenvalue weighted by Crippen LogP contribution is 2.49. The van der Waals surface area contributed by atoms with Gasteiger partial charge < -0.3 is 21.3 Å². The summed E-state index contributed by atoms with van der Waals surface area (Å²) in [4.78, 5) is 26.5. The third-order valence-electron chi connectivity index (χ3n) is 8.11. The van der Waals surface area contributed by atoms with Gasteiger partial charge in [-0.05, 0) is 80.3 Å². The average molecular weight is 500 g/mol. The minimum Gasteiger partial charge on any atom is -0.349 e. The zero-order valence-corrected chi connectivity index (χ0v) is 20.6. The van der Waals surface area contributed by atoms with E-state index in [1.165, 1.54) is 24.0 Å². The molecule has 190 valence electrons. The van der Waals surface area contributed by atoms with Crippen LogP contribution in [0.2, 0.25) is 0 Å². The molecule has 4 aliphatic rings. The number of pyridine rings is 1. The molecule has 3 saturated carbocycles. The number of nitrogens with zero attached hydrogens (tertiary/aromatic N) is 3. The molecule has 37 heavy (non-hydrogen) atoms. The summed E-state index contributed by atoms with van der Waals surface area (Å²) in [5, 5.41) is 13.3. The van der Waals surface area contributed by atoms with Crippen molar-refractivity contribution in [3.8, 4) is 0 Å². The lowest BCUT2D eigenvalue weighted by Gasteiger charge is -2.27. The second-order valence-electron chi connectivity index (χ2n) is 10.9. The molecule has 2 aromatic heterocycles. The van der Waals surface area contributed by atoms with E-state index in [2.05, 4.69) is 49.4 Å². The van der Waals surface area contributed by atoms with Crippen LogP contribution in [0.25, 0.3) is 0 Å². The molecule has 0 bridgehead atoms. The number of alkyl halides is 1. The number of halogens is 1. The molecule has 3 aromatic rings. The van der Waals surface area contributed by atoms with E-state index in [0.29, 0.717) is 23.0 Å². The Labute approximate surface area is 214 Å². The molecule has 0 unspecified atom stereocenters. The predicted molar refractivity (Wildman–Crippen MR) is 139 cm³/mol. The third-order valence-corrected chi connectivity index (χ3v) is 8.11. The van der Waals surface area contributed by atoms with Crippen LogP contribution in [0.4, 0.5) is 27.5 Å². The first-order valence-electron chi connectivity index (χ1n) is 13.2. The molecule has 0 radical (unpaired) electrons. The van der Waals surface area contributed by atoms with Gasteiger partial charge in [0, 0.05) is 47.3 Å². The molecule has 4 N–H and O–H groups in total. The number of benzene rings is 1. The fourth-order valence-electron chi connectivity index (χ4n) is 5.32. The molecule has 9 heteroatoms. The van der Waals surface area contributed by atoms with Crippen molar-refractivity contribution in [1.29, 1.82) is 0 Å². The minimum absolute atomic E-state index is 0.181. The summed E-state index contributed by atoms with van der Waals surface area (Å²) >= 11 is 0. The van der Waals surface area contributed by atoms with Crippen molar-refractivity contribution >= 4 is 29.0 Å². The van der Waals surface area contributed by atoms with E-state index < -0.39 is 12.1 Å². The van der Waals surface area contributed by atoms with Gasteiger partial charge in [-0.1, -0.05) is 6.07 Å². The van der Waals surface area contributed by atoms with Crippen LogP contribution < -0.4 is 21.3 Å². The summed E-state index contributed by atoms with van der Waals surface area (Å²) in [5.41, 5.74) is 5.20. The summed E-state index contributed by atoms with van der Waals surface area (Å²) in [7, 11) is 0. The van der Waals surface area contributed by atoms with Crippen molar-refractivity contribution in [2.24, 2.45) is 0 Å². The van der Waals surface area contributed by atoms with Gasteiger partial charge in [0.25, 0.3) is 5.91 Å². The molecule has 3 aliphatic carbocycles. The standard InChI is InChI=1S/C28H30FN7O/c29-16-27(7-8-27)23-14-20(6-11-30-23)33-24-21(25(37)34-18-1-2-18)15-31-26(36-24)35-19-3-4-22-17(13-19)5-12-32-28(22)9-10-28/h3-4,6,11,13-15,18,32H,1-2,5,7-10,12,16H2,(H,34,37)(H2,30,31,33,35,36). The Kier molecular flexibility index (Phi) is 5.18. The number of nitrogens with one attached hydrogen (secondary N) is 4. The SMILES string of the molecule is O=C(NC1CC1)c1cnc(Nc2ccc3c(c2)CCNC32CC2)nc1Nc1ccnc(C2(CF)CC2)c1. The summed E-state index contributed by atoms with van der Waals surface area (Å²) in [5.74, 6) is 0.596. The summed E-state index contributed by atoms with van der Waals surface area (Å²) in [6.07, 6.45) is 10.2. The van der Waals surface area contributed by atoms with Crippen LogP contribution in [0.1, 0.15) is 65.7 Å². The molecular weight excluding hydrogens is 469 g/mol. The third kappa shape index (κ3) is 4.31. The van der Waals surface area contributed by atoms with Gasteiger partial charge in [-0.2, -0.15) is 4.98 Å². The van der Waals surface area contributed by atoms with Crippen molar-refractivity contribution in [3.63, 3.8) is 0 Å². The molecular formula is C28H30FN7O. The number of carbonyl (C=O) groups excluding carboxylic acids is 1. The van der Waals surface area contributed by atoms with Crippen molar-refractivity contribution < 1.29 is 9.18 Å². The van der Waals surface area contributed by atoms with Gasteiger partial charge in [0.15, 0.2) is 0 Å². The molecule has 0 atom stereocenters. The van der Waals surface area contributed by atoms with Gasteiger partial charge >= 0.3 is 0 Å². The van der Waals surface area contributed by atoms with Crippen LogP contribution >= 0.6 is 0 Å². The largest absolute Gasteiger partial charge is 0.349 e. The highest BCUT2D eigenvalue weighted by atomic mass is 19.1. The second kappa shape index (κ2) is 8.48. The van der Waals surface area contributed by atoms with Crippen LogP contribution in [-0.4, -0.2) is 40.1 Å². The monoisotopic (exact) mass is 499 g/mol. The number of carbonyl (C=O) groups is 1. The Morgan fingerprint density at radius 2 is 1.89 bits per heavy atom. The van der Waals surface area contributed by atoms with E-state index >= 15 is 0 Å². The lowest BCUT2D eigenvalue weighted by Crippen LogP contribution is -2.36. The van der Waals surface area contributed by atoms with Crippen molar-refractivity contribution in [3.05, 3.63) is 65.1 Å². The van der Waals surface area contributed by atoms with Gasteiger partial charge in [-0.25, -0.2) is 4.98 Å². The first kappa shape index (κ1) is 22.6. The lowest BCUT2D eigenvalue weighted by molar-refractivity contribution is 0.0951. The van der Waals surface area contributed by atoms with Crippen LogP contribution in [0, 0.1) is 0 Å². The van der Waals surface area contributed by atoms with Crippen LogP contribution in [0.3, 0.4) is 0 Å². The van der Waals surface area contributed by atoms with Crippen LogP contribution in [0.15, 0.2) is 42.7 Å². The maximum atomic E-state index is 13.6. The molecule has 7 rings (SSSR count). The van der Waals surface area contributed by atoms with Crippen molar-refractivity contribution in [2.45, 2.75) is 61.9 Å². The van der Waals surface area contributed by atoms with Gasteiger partial charge in [0.05, 0.1) is 5.69 Å². The van der Waals surface area contributed by atoms with Gasteiger partial charge in [-0.15, -0.1) is 0 Å². The Morgan fingerprint density at radius 3 is 2.65 bits per heavy atom. The first-order valence-corrected chi connectivity index (χ1v) is 13.2. The van der Waals surface area contributed by atoms with Crippen LogP contribution in [-0.2, 0) is 17.4 Å². The molecule has 3 heterocycles. The Bertz CT molecular complexity index is 1380. The summed E-state index contributed by atoms with van der Waals surface area (Å²) in [6.45, 7) is 0.571. The number of rotatable bonds is 8. The maximum Gasteiger partial charge on any atom is 0.256 e. The smallest absolute Gasteiger partial charge is 0.256 e. The molecule has 1 amide bonds. The highest BCUT2D eigenvalue weighted by Gasteiger charge is 2.47. The fourth-order valence-corrected chi connectivity index (χ4v) is 5.32. The van der Waals surface area contributed by atoms with Gasteiger partial charge in [-0.3, -0.25) is 14.2 Å². The average Bonchev–Trinajstić information content (AvgIpc) is 3.77. The molecule has 8 nitrogen and oxygen atoms in total. The molecule has 1 aliphatic heterocycles. The number of hydrogen-bond donors (Lipinski definition) is 4. The fraction of sp³-hybridized carbons (Fsp3) is 0.429. The van der Waals surface area contributed by atoms with Gasteiger partial charge in [0.1, 0.15) is 18.1 Å². The Balaban J connectivity index is 1.18. The summed E-state index contributed by atoms with van der Waals surface area (Å²) < 4.78 is 13.6. The van der Waals surface area contributed by atoms with E-state index in [9.17, 15) is 9.18 Å². The Hall–Kier alpha value is -3.59. The number of anilines is 4. The normalized spacial score (nSPS) is 20.1. The quantitative estimate of drug-likeness (QED) is 0.365. The minimum atomic E-state index is -0.469. The predicted octanol–water partition coefficient (Wildman–Crippen LogP) is 4.39. The van der Waals surface area contributed by atoms with E-state index in [0.717, 1.165) is 50.0 Å². The van der Waals surface area contributed by atoms with E-state index in [1.807, 2.05) is 6.07 Å². The van der Waals surface area contributed by atoms with E-state index in [-0.39, 0.29) is 17.5 Å². The highest BCUT2D eigenvalue weighted by molar-refractivity contribution is 5.99. The number of hydrogen-bond acceptors (Lipinski definition) is 7. The maximum absolute atomic E-state index is 13.6. The Morgan fingerprint density at radius 1 is 1.05 bits per heavy atom. The second-order valence-corrected chi connectivity index (χ2v) is 10.9. The van der Waals surface area contributed by atoms with Crippen molar-refractivity contribution in [1.82, 2.24) is 25.6 Å². The summed E-state index contributed by atoms with van der Waals surface area (Å²) in [6, 6.07) is 10.3. The number of fused-ring (bicyclic) bond motifs is 2. The zero-order valence-electron chi connectivity index (χ0n) is 20.6. The number of amides is 1. The molecule has 1 aromatic carbocycles. The van der Waals surface area contributed by atoms with Crippen LogP contribution in [0.5, 0.6) is 0 Å². The zero-order chi connectivity index (χ0) is 25.0. The molecule has 0 saturated heterocycles. The van der Waals surface area contributed by atoms with E-state index in [1.54, 1.807) is 18.5 Å². The first-order chi connectivity index (χ1) is 18.1. The topological polar surface area (TPSA) is 104 Å². The lowest BCUT2D eigenvalue weighted by atomic mass is 9.92. The molecule has 3 fully saturated rings. The molecule has 1 spiro atoms. The van der Waals surface area contributed by atoms with Crippen molar-refractivity contribution in [2.75, 3.05) is 23.9 Å². The number of aromatic nitrogens is 3. The van der Waals surface area contributed by atoms with Gasteiger partial charge in [0.2, 0.25) is 5.95 Å². The van der Waals surface area contributed by atoms with E-state index in [4.69, 9.17) is 4.98 Å².